The Bertz CT molecular complexity index is 679. The minimum absolute atomic E-state index is 0.109. The summed E-state index contributed by atoms with van der Waals surface area (Å²) in [6, 6.07) is 8.52. The van der Waals surface area contributed by atoms with Gasteiger partial charge in [-0.25, -0.2) is 8.42 Å². The van der Waals surface area contributed by atoms with E-state index in [0.29, 0.717) is 17.2 Å². The van der Waals surface area contributed by atoms with E-state index in [1.165, 1.54) is 17.4 Å². The van der Waals surface area contributed by atoms with Crippen LogP contribution in [0.25, 0.3) is 0 Å². The van der Waals surface area contributed by atoms with E-state index in [1.807, 2.05) is 6.07 Å². The van der Waals surface area contributed by atoms with Gasteiger partial charge in [0.2, 0.25) is 0 Å². The molecule has 108 valence electrons. The summed E-state index contributed by atoms with van der Waals surface area (Å²) in [7, 11) is -2.16. The van der Waals surface area contributed by atoms with E-state index in [-0.39, 0.29) is 11.5 Å². The summed E-state index contributed by atoms with van der Waals surface area (Å²) in [6.07, 6.45) is 0. The lowest BCUT2D eigenvalue weighted by molar-refractivity contribution is 0.185. The van der Waals surface area contributed by atoms with Crippen LogP contribution in [0, 0.1) is 0 Å². The zero-order valence-electron chi connectivity index (χ0n) is 10.9. The molecule has 1 aromatic carbocycles. The second kappa shape index (κ2) is 6.36. The Morgan fingerprint density at radius 2 is 2.05 bits per heavy atom. The first-order chi connectivity index (χ1) is 9.58. The first-order valence-electron chi connectivity index (χ1n) is 5.85. The third kappa shape index (κ3) is 3.18. The molecule has 2 rings (SSSR count). The van der Waals surface area contributed by atoms with Crippen molar-refractivity contribution in [1.82, 2.24) is 0 Å². The Morgan fingerprint density at radius 1 is 1.30 bits per heavy atom. The van der Waals surface area contributed by atoms with Gasteiger partial charge >= 0.3 is 0 Å². The molecule has 2 N–H and O–H groups in total. The van der Waals surface area contributed by atoms with Crippen molar-refractivity contribution in [3.63, 3.8) is 0 Å². The fourth-order valence-electron chi connectivity index (χ4n) is 1.78. The zero-order valence-corrected chi connectivity index (χ0v) is 12.5. The van der Waals surface area contributed by atoms with Gasteiger partial charge in [-0.05, 0) is 17.5 Å². The number of hydrogen-bond donors (Lipinski definition) is 2. The van der Waals surface area contributed by atoms with Crippen LogP contribution in [0.1, 0.15) is 10.4 Å². The molecule has 0 aliphatic heterocycles. The minimum Gasteiger partial charge on any atom is -0.391 e. The number of thiophene rings is 1. The smallest absolute Gasteiger partial charge is 0.263 e. The number of ether oxygens (including phenoxy) is 1. The van der Waals surface area contributed by atoms with E-state index < -0.39 is 10.0 Å². The van der Waals surface area contributed by atoms with Crippen LogP contribution in [0.5, 0.6) is 0 Å². The van der Waals surface area contributed by atoms with Gasteiger partial charge < -0.3 is 9.84 Å². The van der Waals surface area contributed by atoms with Crippen LogP contribution in [0.3, 0.4) is 0 Å². The maximum atomic E-state index is 12.3. The lowest BCUT2D eigenvalue weighted by Gasteiger charge is -2.12. The zero-order chi connectivity index (χ0) is 14.6. The van der Waals surface area contributed by atoms with E-state index in [4.69, 9.17) is 4.74 Å². The first-order valence-corrected chi connectivity index (χ1v) is 8.21. The Morgan fingerprint density at radius 3 is 2.75 bits per heavy atom. The van der Waals surface area contributed by atoms with Gasteiger partial charge in [0.25, 0.3) is 10.0 Å². The standard InChI is InChI=1S/C13H15NO4S2/c1-18-9-10-4-2-3-5-11(10)14-20(16,17)13-6-7-19-12(13)8-15/h2-7,14-15H,8-9H2,1H3. The van der Waals surface area contributed by atoms with Crippen LogP contribution in [0.15, 0.2) is 40.6 Å². The Labute approximate surface area is 121 Å². The van der Waals surface area contributed by atoms with Gasteiger partial charge in [-0.1, -0.05) is 18.2 Å². The van der Waals surface area contributed by atoms with E-state index in [9.17, 15) is 13.5 Å². The lowest BCUT2D eigenvalue weighted by atomic mass is 10.2. The van der Waals surface area contributed by atoms with Gasteiger partial charge in [0.1, 0.15) is 4.90 Å². The molecule has 1 aromatic heterocycles. The maximum Gasteiger partial charge on any atom is 0.263 e. The molecular formula is C13H15NO4S2. The van der Waals surface area contributed by atoms with Gasteiger partial charge in [0, 0.05) is 12.7 Å². The van der Waals surface area contributed by atoms with E-state index in [0.717, 1.165) is 5.56 Å². The average molecular weight is 313 g/mol. The summed E-state index contributed by atoms with van der Waals surface area (Å²) in [5.74, 6) is 0. The van der Waals surface area contributed by atoms with E-state index in [1.54, 1.807) is 30.7 Å². The third-order valence-corrected chi connectivity index (χ3v) is 5.18. The second-order valence-electron chi connectivity index (χ2n) is 4.06. The van der Waals surface area contributed by atoms with Gasteiger partial charge in [-0.15, -0.1) is 11.3 Å². The number of nitrogens with one attached hydrogen (secondary N) is 1. The number of aliphatic hydroxyl groups is 1. The van der Waals surface area contributed by atoms with Crippen molar-refractivity contribution in [3.8, 4) is 0 Å². The molecule has 0 saturated heterocycles. The average Bonchev–Trinajstić information content (AvgIpc) is 2.90. The number of aliphatic hydroxyl groups excluding tert-OH is 1. The molecule has 0 bridgehead atoms. The van der Waals surface area contributed by atoms with Crippen molar-refractivity contribution in [2.24, 2.45) is 0 Å². The topological polar surface area (TPSA) is 75.6 Å². The molecule has 0 atom stereocenters. The maximum absolute atomic E-state index is 12.3. The predicted molar refractivity (Wildman–Crippen MR) is 78.2 cm³/mol. The summed E-state index contributed by atoms with van der Waals surface area (Å²) >= 11 is 1.21. The van der Waals surface area contributed by atoms with Crippen LogP contribution in [-0.2, 0) is 28.0 Å². The molecule has 0 radical (unpaired) electrons. The van der Waals surface area contributed by atoms with E-state index >= 15 is 0 Å². The van der Waals surface area contributed by atoms with Gasteiger partial charge in [-0.3, -0.25) is 4.72 Å². The van der Waals surface area contributed by atoms with Crippen LogP contribution < -0.4 is 4.72 Å². The number of para-hydroxylation sites is 1. The number of rotatable bonds is 6. The van der Waals surface area contributed by atoms with Crippen molar-refractivity contribution < 1.29 is 18.3 Å². The van der Waals surface area contributed by atoms with Crippen molar-refractivity contribution in [3.05, 3.63) is 46.2 Å². The minimum atomic E-state index is -3.71. The van der Waals surface area contributed by atoms with Crippen molar-refractivity contribution in [1.29, 1.82) is 0 Å². The molecule has 0 unspecified atom stereocenters. The molecule has 2 aromatic rings. The molecule has 0 amide bonds. The highest BCUT2D eigenvalue weighted by Crippen LogP contribution is 2.26. The van der Waals surface area contributed by atoms with Gasteiger partial charge in [0.05, 0.1) is 23.8 Å². The highest BCUT2D eigenvalue weighted by molar-refractivity contribution is 7.93. The summed E-state index contributed by atoms with van der Waals surface area (Å²) in [5, 5.41) is 10.8. The predicted octanol–water partition coefficient (Wildman–Crippen LogP) is 2.19. The van der Waals surface area contributed by atoms with Crippen LogP contribution in [0.2, 0.25) is 0 Å². The summed E-state index contributed by atoms with van der Waals surface area (Å²) in [4.78, 5) is 0.527. The summed E-state index contributed by atoms with van der Waals surface area (Å²) in [6.45, 7) is 0.0167. The molecule has 0 aliphatic carbocycles. The molecular weight excluding hydrogens is 298 g/mol. The molecule has 0 spiro atoms. The number of anilines is 1. The first kappa shape index (κ1) is 15.0. The fourth-order valence-corrected chi connectivity index (χ4v) is 4.18. The molecule has 5 nitrogen and oxygen atoms in total. The molecule has 0 saturated carbocycles. The highest BCUT2D eigenvalue weighted by Gasteiger charge is 2.20. The summed E-state index contributed by atoms with van der Waals surface area (Å²) in [5.41, 5.74) is 1.23. The quantitative estimate of drug-likeness (QED) is 0.857. The van der Waals surface area contributed by atoms with Gasteiger partial charge in [0.15, 0.2) is 0 Å². The monoisotopic (exact) mass is 313 g/mol. The Balaban J connectivity index is 2.34. The molecule has 1 heterocycles. The molecule has 0 aliphatic rings. The van der Waals surface area contributed by atoms with Crippen LogP contribution >= 0.6 is 11.3 Å². The number of sulfonamides is 1. The molecule has 0 fully saturated rings. The third-order valence-electron chi connectivity index (χ3n) is 2.70. The lowest BCUT2D eigenvalue weighted by Crippen LogP contribution is -2.15. The highest BCUT2D eigenvalue weighted by atomic mass is 32.2. The number of methoxy groups -OCH3 is 1. The fraction of sp³-hybridized carbons (Fsp3) is 0.231. The van der Waals surface area contributed by atoms with E-state index in [2.05, 4.69) is 4.72 Å². The van der Waals surface area contributed by atoms with Gasteiger partial charge in [-0.2, -0.15) is 0 Å². The normalized spacial score (nSPS) is 11.5. The van der Waals surface area contributed by atoms with Crippen LogP contribution in [-0.4, -0.2) is 20.6 Å². The molecule has 20 heavy (non-hydrogen) atoms. The largest absolute Gasteiger partial charge is 0.391 e. The SMILES string of the molecule is COCc1ccccc1NS(=O)(=O)c1ccsc1CO. The summed E-state index contributed by atoms with van der Waals surface area (Å²) < 4.78 is 32.3. The number of hydrogen-bond acceptors (Lipinski definition) is 5. The Hall–Kier alpha value is -1.41. The van der Waals surface area contributed by atoms with Crippen LogP contribution in [0.4, 0.5) is 5.69 Å². The molecule has 7 heteroatoms. The second-order valence-corrected chi connectivity index (χ2v) is 6.71. The number of benzene rings is 1. The van der Waals surface area contributed by atoms with Crippen molar-refractivity contribution >= 4 is 27.0 Å². The van der Waals surface area contributed by atoms with Crippen molar-refractivity contribution in [2.45, 2.75) is 18.1 Å². The van der Waals surface area contributed by atoms with Crippen molar-refractivity contribution in [2.75, 3.05) is 11.8 Å². The Kier molecular flexibility index (Phi) is 4.77.